The van der Waals surface area contributed by atoms with Gasteiger partial charge in [0.05, 0.1) is 12.6 Å². The second-order valence-corrected chi connectivity index (χ2v) is 5.87. The Morgan fingerprint density at radius 1 is 1.09 bits per heavy atom. The molecule has 3 rings (SSSR count). The van der Waals surface area contributed by atoms with Crippen LogP contribution in [0.3, 0.4) is 0 Å². The Hall–Kier alpha value is -2.13. The Morgan fingerprint density at radius 3 is 2.17 bits per heavy atom. The van der Waals surface area contributed by atoms with E-state index < -0.39 is 0 Å². The summed E-state index contributed by atoms with van der Waals surface area (Å²) in [6, 6.07) is 20.8. The Kier molecular flexibility index (Phi) is 5.09. The molecule has 23 heavy (non-hydrogen) atoms. The molecule has 0 aromatic heterocycles. The molecular weight excluding hydrogens is 286 g/mol. The van der Waals surface area contributed by atoms with Crippen molar-refractivity contribution in [2.75, 3.05) is 13.2 Å². The maximum atomic E-state index is 12.4. The van der Waals surface area contributed by atoms with Gasteiger partial charge >= 0.3 is 5.97 Å². The lowest BCUT2D eigenvalue weighted by Gasteiger charge is -2.32. The summed E-state index contributed by atoms with van der Waals surface area (Å²) in [5, 5.41) is 0. The highest BCUT2D eigenvalue weighted by Crippen LogP contribution is 2.35. The molecule has 1 aliphatic heterocycles. The number of ether oxygens (including phenoxy) is 1. The van der Waals surface area contributed by atoms with Gasteiger partial charge in [-0.05, 0) is 30.9 Å². The van der Waals surface area contributed by atoms with Crippen molar-refractivity contribution in [2.45, 2.75) is 31.8 Å². The second-order valence-electron chi connectivity index (χ2n) is 5.87. The third-order valence-electron chi connectivity index (χ3n) is 4.42. The van der Waals surface area contributed by atoms with Crippen LogP contribution in [0.4, 0.5) is 0 Å². The molecule has 3 heteroatoms. The standard InChI is InChI=1S/C20H23NO2/c1-2-23-20(22)18-14-9-15-21(18)19(16-10-5-3-6-11-16)17-12-7-4-8-13-17/h3-8,10-13,18-19H,2,9,14-15H2,1H3. The van der Waals surface area contributed by atoms with Gasteiger partial charge in [0.1, 0.15) is 6.04 Å². The SMILES string of the molecule is CCOC(=O)C1CCCN1C(c1ccccc1)c1ccccc1. The van der Waals surface area contributed by atoms with Gasteiger partial charge in [-0.2, -0.15) is 0 Å². The highest BCUT2D eigenvalue weighted by Gasteiger charge is 2.37. The van der Waals surface area contributed by atoms with Crippen LogP contribution >= 0.6 is 0 Å². The quantitative estimate of drug-likeness (QED) is 0.787. The molecule has 0 spiro atoms. The zero-order valence-electron chi connectivity index (χ0n) is 13.5. The van der Waals surface area contributed by atoms with Gasteiger partial charge in [-0.15, -0.1) is 0 Å². The minimum absolute atomic E-state index is 0.0920. The van der Waals surface area contributed by atoms with E-state index in [1.165, 1.54) is 11.1 Å². The van der Waals surface area contributed by atoms with Gasteiger partial charge in [0, 0.05) is 6.54 Å². The van der Waals surface area contributed by atoms with Crippen molar-refractivity contribution in [1.82, 2.24) is 4.90 Å². The van der Waals surface area contributed by atoms with Crippen LogP contribution in [0.2, 0.25) is 0 Å². The van der Waals surface area contributed by atoms with Crippen molar-refractivity contribution in [3.05, 3.63) is 71.8 Å². The van der Waals surface area contributed by atoms with Gasteiger partial charge in [-0.3, -0.25) is 9.69 Å². The first-order valence-electron chi connectivity index (χ1n) is 8.33. The van der Waals surface area contributed by atoms with Crippen molar-refractivity contribution in [3.63, 3.8) is 0 Å². The largest absolute Gasteiger partial charge is 0.465 e. The average Bonchev–Trinajstić information content (AvgIpc) is 3.07. The summed E-state index contributed by atoms with van der Waals surface area (Å²) in [6.07, 6.45) is 1.90. The van der Waals surface area contributed by atoms with E-state index in [4.69, 9.17) is 4.74 Å². The first-order valence-corrected chi connectivity index (χ1v) is 8.33. The normalized spacial score (nSPS) is 18.3. The molecule has 1 fully saturated rings. The maximum absolute atomic E-state index is 12.4. The summed E-state index contributed by atoms with van der Waals surface area (Å²) in [6.45, 7) is 3.21. The van der Waals surface area contributed by atoms with Gasteiger partial charge < -0.3 is 4.74 Å². The van der Waals surface area contributed by atoms with E-state index >= 15 is 0 Å². The molecule has 1 heterocycles. The lowest BCUT2D eigenvalue weighted by Crippen LogP contribution is -2.40. The molecule has 1 unspecified atom stereocenters. The van der Waals surface area contributed by atoms with Crippen LogP contribution in [0, 0.1) is 0 Å². The van der Waals surface area contributed by atoms with Crippen molar-refractivity contribution in [3.8, 4) is 0 Å². The third kappa shape index (κ3) is 3.45. The fraction of sp³-hybridized carbons (Fsp3) is 0.350. The third-order valence-corrected chi connectivity index (χ3v) is 4.42. The number of likely N-dealkylation sites (tertiary alicyclic amines) is 1. The molecule has 0 radical (unpaired) electrons. The van der Waals surface area contributed by atoms with Gasteiger partial charge in [0.25, 0.3) is 0 Å². The minimum Gasteiger partial charge on any atom is -0.465 e. The van der Waals surface area contributed by atoms with Crippen LogP contribution in [0.5, 0.6) is 0 Å². The van der Waals surface area contributed by atoms with E-state index in [2.05, 4.69) is 53.4 Å². The summed E-state index contributed by atoms with van der Waals surface area (Å²) >= 11 is 0. The highest BCUT2D eigenvalue weighted by atomic mass is 16.5. The molecule has 2 aromatic carbocycles. The van der Waals surface area contributed by atoms with E-state index in [1.54, 1.807) is 0 Å². The zero-order valence-corrected chi connectivity index (χ0v) is 13.5. The van der Waals surface area contributed by atoms with E-state index in [-0.39, 0.29) is 18.1 Å². The second kappa shape index (κ2) is 7.42. The number of carbonyl (C=O) groups is 1. The molecule has 120 valence electrons. The molecule has 0 bridgehead atoms. The molecule has 0 saturated carbocycles. The topological polar surface area (TPSA) is 29.5 Å². The lowest BCUT2D eigenvalue weighted by atomic mass is 9.96. The van der Waals surface area contributed by atoms with Crippen LogP contribution in [-0.4, -0.2) is 30.1 Å². The summed E-state index contributed by atoms with van der Waals surface area (Å²) in [7, 11) is 0. The molecular formula is C20H23NO2. The lowest BCUT2D eigenvalue weighted by molar-refractivity contribution is -0.149. The molecule has 0 aliphatic carbocycles. The van der Waals surface area contributed by atoms with Gasteiger partial charge in [0.15, 0.2) is 0 Å². The fourth-order valence-electron chi connectivity index (χ4n) is 3.44. The molecule has 0 amide bonds. The van der Waals surface area contributed by atoms with Crippen molar-refractivity contribution in [1.29, 1.82) is 0 Å². The van der Waals surface area contributed by atoms with E-state index in [0.717, 1.165) is 19.4 Å². The van der Waals surface area contributed by atoms with E-state index in [9.17, 15) is 4.79 Å². The molecule has 3 nitrogen and oxygen atoms in total. The Balaban J connectivity index is 1.97. The van der Waals surface area contributed by atoms with Crippen LogP contribution < -0.4 is 0 Å². The van der Waals surface area contributed by atoms with E-state index in [0.29, 0.717) is 6.61 Å². The number of hydrogen-bond acceptors (Lipinski definition) is 3. The van der Waals surface area contributed by atoms with Gasteiger partial charge in [-0.1, -0.05) is 60.7 Å². The molecule has 1 aliphatic rings. The average molecular weight is 309 g/mol. The number of nitrogens with zero attached hydrogens (tertiary/aromatic N) is 1. The predicted octanol–water partition coefficient (Wildman–Crippen LogP) is 3.80. The number of esters is 1. The molecule has 1 atom stereocenters. The predicted molar refractivity (Wildman–Crippen MR) is 91.1 cm³/mol. The molecule has 2 aromatic rings. The van der Waals surface area contributed by atoms with Crippen LogP contribution in [0.25, 0.3) is 0 Å². The van der Waals surface area contributed by atoms with Crippen LogP contribution in [-0.2, 0) is 9.53 Å². The van der Waals surface area contributed by atoms with E-state index in [1.807, 2.05) is 19.1 Å². The number of benzene rings is 2. The molecule has 1 saturated heterocycles. The summed E-state index contributed by atoms with van der Waals surface area (Å²) in [4.78, 5) is 14.7. The van der Waals surface area contributed by atoms with Gasteiger partial charge in [-0.25, -0.2) is 0 Å². The smallest absolute Gasteiger partial charge is 0.323 e. The molecule has 0 N–H and O–H groups in total. The number of hydrogen-bond donors (Lipinski definition) is 0. The fourth-order valence-corrected chi connectivity index (χ4v) is 3.44. The monoisotopic (exact) mass is 309 g/mol. The first kappa shape index (κ1) is 15.8. The Bertz CT molecular complexity index is 587. The van der Waals surface area contributed by atoms with Crippen LogP contribution in [0.1, 0.15) is 36.9 Å². The number of carbonyl (C=O) groups excluding carboxylic acids is 1. The van der Waals surface area contributed by atoms with Gasteiger partial charge in [0.2, 0.25) is 0 Å². The Labute approximate surface area is 137 Å². The Morgan fingerprint density at radius 2 is 1.65 bits per heavy atom. The first-order chi connectivity index (χ1) is 11.3. The number of rotatable bonds is 5. The minimum atomic E-state index is -0.152. The van der Waals surface area contributed by atoms with Crippen LogP contribution in [0.15, 0.2) is 60.7 Å². The van der Waals surface area contributed by atoms with Crippen molar-refractivity contribution in [2.24, 2.45) is 0 Å². The van der Waals surface area contributed by atoms with Crippen molar-refractivity contribution >= 4 is 5.97 Å². The summed E-state index contributed by atoms with van der Waals surface area (Å²) in [5.41, 5.74) is 2.43. The highest BCUT2D eigenvalue weighted by molar-refractivity contribution is 5.76. The summed E-state index contributed by atoms with van der Waals surface area (Å²) < 4.78 is 5.30. The summed E-state index contributed by atoms with van der Waals surface area (Å²) in [5.74, 6) is -0.0955. The zero-order chi connectivity index (χ0) is 16.1. The van der Waals surface area contributed by atoms with Crippen molar-refractivity contribution < 1.29 is 9.53 Å². The maximum Gasteiger partial charge on any atom is 0.323 e.